The Morgan fingerprint density at radius 1 is 1.27 bits per heavy atom. The Hall–Kier alpha value is -1.32. The first-order valence-electron chi connectivity index (χ1n) is 6.75. The highest BCUT2D eigenvalue weighted by atomic mass is 32.2. The van der Waals surface area contributed by atoms with Crippen molar-refractivity contribution in [1.29, 1.82) is 0 Å². The topological polar surface area (TPSA) is 58.6 Å². The van der Waals surface area contributed by atoms with Crippen LogP contribution in [0.2, 0.25) is 0 Å². The lowest BCUT2D eigenvalue weighted by Gasteiger charge is -2.31. The van der Waals surface area contributed by atoms with Crippen molar-refractivity contribution in [3.8, 4) is 5.75 Å². The molecule has 22 heavy (non-hydrogen) atoms. The van der Waals surface area contributed by atoms with Crippen molar-refractivity contribution < 1.29 is 26.3 Å². The normalized spacial score (nSPS) is 20.8. The van der Waals surface area contributed by atoms with Gasteiger partial charge in [0.2, 0.25) is 10.0 Å². The summed E-state index contributed by atoms with van der Waals surface area (Å²) in [4.78, 5) is -0.0428. The van der Waals surface area contributed by atoms with Gasteiger partial charge in [0.1, 0.15) is 5.75 Å². The number of sulfonamides is 1. The van der Waals surface area contributed by atoms with Gasteiger partial charge < -0.3 is 10.1 Å². The molecule has 1 N–H and O–H groups in total. The number of rotatable bonds is 4. The van der Waals surface area contributed by atoms with Crippen molar-refractivity contribution in [3.63, 3.8) is 0 Å². The summed E-state index contributed by atoms with van der Waals surface area (Å²) in [5.74, 6) is -0.446. The van der Waals surface area contributed by atoms with Crippen LogP contribution >= 0.6 is 0 Å². The fourth-order valence-electron chi connectivity index (χ4n) is 2.36. The van der Waals surface area contributed by atoms with Crippen LogP contribution < -0.4 is 10.1 Å². The van der Waals surface area contributed by atoms with Crippen LogP contribution in [0.3, 0.4) is 0 Å². The van der Waals surface area contributed by atoms with Gasteiger partial charge in [0, 0.05) is 19.1 Å². The summed E-state index contributed by atoms with van der Waals surface area (Å²) in [7, 11) is -1.94. The number of likely N-dealkylation sites (N-methyl/N-ethyl adjacent to an activating group) is 1. The fourth-order valence-corrected chi connectivity index (χ4v) is 3.88. The molecule has 2 rings (SSSR count). The number of ether oxygens (including phenoxy) is 1. The van der Waals surface area contributed by atoms with Crippen LogP contribution in [0, 0.1) is 0 Å². The van der Waals surface area contributed by atoms with Crippen molar-refractivity contribution >= 4 is 10.0 Å². The summed E-state index contributed by atoms with van der Waals surface area (Å²) in [5.41, 5.74) is 0. The number of nitrogens with one attached hydrogen (secondary N) is 1. The van der Waals surface area contributed by atoms with Gasteiger partial charge in [-0.2, -0.15) is 4.31 Å². The molecule has 0 spiro atoms. The van der Waals surface area contributed by atoms with Gasteiger partial charge in [-0.1, -0.05) is 0 Å². The number of nitrogens with zero attached hydrogens (tertiary/aromatic N) is 1. The van der Waals surface area contributed by atoms with Gasteiger partial charge in [-0.15, -0.1) is 13.2 Å². The van der Waals surface area contributed by atoms with Gasteiger partial charge in [-0.25, -0.2) is 8.42 Å². The van der Waals surface area contributed by atoms with E-state index >= 15 is 0 Å². The van der Waals surface area contributed by atoms with Crippen LogP contribution in [-0.2, 0) is 10.0 Å². The Morgan fingerprint density at radius 2 is 1.91 bits per heavy atom. The van der Waals surface area contributed by atoms with Crippen molar-refractivity contribution in [2.24, 2.45) is 0 Å². The summed E-state index contributed by atoms with van der Waals surface area (Å²) in [6.45, 7) is 0.751. The molecule has 1 atom stereocenters. The van der Waals surface area contributed by atoms with Gasteiger partial charge in [0.05, 0.1) is 4.90 Å². The van der Waals surface area contributed by atoms with Crippen LogP contribution in [0.1, 0.15) is 12.8 Å². The third-order valence-corrected chi connectivity index (χ3v) is 5.37. The van der Waals surface area contributed by atoms with Crippen LogP contribution in [0.4, 0.5) is 13.2 Å². The molecule has 0 aromatic heterocycles. The zero-order valence-electron chi connectivity index (χ0n) is 11.9. The molecule has 0 radical (unpaired) electrons. The average molecular weight is 338 g/mol. The first-order valence-corrected chi connectivity index (χ1v) is 8.19. The van der Waals surface area contributed by atoms with Gasteiger partial charge in [0.15, 0.2) is 0 Å². The molecular formula is C13H17F3N2O3S. The van der Waals surface area contributed by atoms with Crippen molar-refractivity contribution in [2.75, 3.05) is 20.1 Å². The van der Waals surface area contributed by atoms with E-state index in [1.54, 1.807) is 7.05 Å². The molecule has 9 heteroatoms. The quantitative estimate of drug-likeness (QED) is 0.912. The van der Waals surface area contributed by atoms with E-state index in [4.69, 9.17) is 0 Å². The summed E-state index contributed by atoms with van der Waals surface area (Å²) in [6, 6.07) is 4.33. The van der Waals surface area contributed by atoms with Gasteiger partial charge in [0.25, 0.3) is 0 Å². The maximum atomic E-state index is 12.5. The summed E-state index contributed by atoms with van der Waals surface area (Å²) >= 11 is 0. The predicted octanol–water partition coefficient (Wildman–Crippen LogP) is 1.96. The van der Waals surface area contributed by atoms with Crippen molar-refractivity contribution in [3.05, 3.63) is 24.3 Å². The van der Waals surface area contributed by atoms with E-state index in [-0.39, 0.29) is 10.9 Å². The number of benzene rings is 1. The lowest BCUT2D eigenvalue weighted by Crippen LogP contribution is -2.46. The Morgan fingerprint density at radius 3 is 2.45 bits per heavy atom. The monoisotopic (exact) mass is 338 g/mol. The average Bonchev–Trinajstić information content (AvgIpc) is 2.46. The van der Waals surface area contributed by atoms with E-state index < -0.39 is 22.1 Å². The molecule has 1 fully saturated rings. The SMILES string of the molecule is CN[C@H]1CCCN(S(=O)(=O)c2ccc(OC(F)(F)F)cc2)C1. The molecular weight excluding hydrogens is 321 g/mol. The Balaban J connectivity index is 2.15. The van der Waals surface area contributed by atoms with E-state index in [0.717, 1.165) is 37.1 Å². The molecule has 1 aliphatic heterocycles. The lowest BCUT2D eigenvalue weighted by molar-refractivity contribution is -0.274. The lowest BCUT2D eigenvalue weighted by atomic mass is 10.1. The van der Waals surface area contributed by atoms with Gasteiger partial charge in [-0.3, -0.25) is 0 Å². The second kappa shape index (κ2) is 6.43. The molecule has 1 aliphatic rings. The number of halogens is 3. The smallest absolute Gasteiger partial charge is 0.406 e. The predicted molar refractivity (Wildman–Crippen MR) is 74.0 cm³/mol. The zero-order valence-corrected chi connectivity index (χ0v) is 12.7. The first kappa shape index (κ1) is 17.0. The summed E-state index contributed by atoms with van der Waals surface area (Å²) in [6.07, 6.45) is -3.17. The van der Waals surface area contributed by atoms with Crippen molar-refractivity contribution in [1.82, 2.24) is 9.62 Å². The van der Waals surface area contributed by atoms with E-state index in [0.29, 0.717) is 13.1 Å². The number of hydrogen-bond acceptors (Lipinski definition) is 4. The minimum absolute atomic E-state index is 0.0428. The molecule has 0 amide bonds. The minimum atomic E-state index is -4.80. The van der Waals surface area contributed by atoms with Crippen LogP contribution in [0.15, 0.2) is 29.2 Å². The molecule has 1 aromatic carbocycles. The maximum absolute atomic E-state index is 12.5. The van der Waals surface area contributed by atoms with Crippen LogP contribution in [0.25, 0.3) is 0 Å². The standard InChI is InChI=1S/C13H17F3N2O3S/c1-17-10-3-2-8-18(9-10)22(19,20)12-6-4-11(5-7-12)21-13(14,15)16/h4-7,10,17H,2-3,8-9H2,1H3/t10-/m0/s1. The second-order valence-corrected chi connectivity index (χ2v) is 6.95. The van der Waals surface area contributed by atoms with Crippen LogP contribution in [0.5, 0.6) is 5.75 Å². The molecule has 1 aromatic rings. The molecule has 1 saturated heterocycles. The first-order chi connectivity index (χ1) is 10.2. The maximum Gasteiger partial charge on any atom is 0.573 e. The molecule has 0 unspecified atom stereocenters. The van der Waals surface area contributed by atoms with E-state index in [9.17, 15) is 21.6 Å². The van der Waals surface area contributed by atoms with E-state index in [2.05, 4.69) is 10.1 Å². The molecule has 0 aliphatic carbocycles. The third-order valence-electron chi connectivity index (χ3n) is 3.49. The molecule has 0 saturated carbocycles. The van der Waals surface area contributed by atoms with Crippen LogP contribution in [-0.4, -0.2) is 45.3 Å². The zero-order chi connectivity index (χ0) is 16.4. The number of alkyl halides is 3. The number of hydrogen-bond donors (Lipinski definition) is 1. The van der Waals surface area contributed by atoms with Gasteiger partial charge >= 0.3 is 6.36 Å². The molecule has 0 bridgehead atoms. The molecule has 1 heterocycles. The fraction of sp³-hybridized carbons (Fsp3) is 0.538. The highest BCUT2D eigenvalue weighted by molar-refractivity contribution is 7.89. The highest BCUT2D eigenvalue weighted by Gasteiger charge is 2.32. The molecule has 5 nitrogen and oxygen atoms in total. The Kier molecular flexibility index (Phi) is 4.98. The molecule has 124 valence electrons. The minimum Gasteiger partial charge on any atom is -0.406 e. The second-order valence-electron chi connectivity index (χ2n) is 5.01. The number of piperidine rings is 1. The summed E-state index contributed by atoms with van der Waals surface area (Å²) < 4.78 is 66.3. The third kappa shape index (κ3) is 4.11. The largest absolute Gasteiger partial charge is 0.573 e. The van der Waals surface area contributed by atoms with E-state index in [1.165, 1.54) is 4.31 Å². The van der Waals surface area contributed by atoms with Crippen molar-refractivity contribution in [2.45, 2.75) is 30.1 Å². The van der Waals surface area contributed by atoms with Gasteiger partial charge in [-0.05, 0) is 44.2 Å². The highest BCUT2D eigenvalue weighted by Crippen LogP contribution is 2.26. The van der Waals surface area contributed by atoms with E-state index in [1.807, 2.05) is 0 Å². The summed E-state index contributed by atoms with van der Waals surface area (Å²) in [5, 5.41) is 3.04. The Bertz CT molecular complexity index is 602. The Labute approximate surface area is 127 Å².